The summed E-state index contributed by atoms with van der Waals surface area (Å²) in [5.41, 5.74) is 2.40. The first-order valence-corrected chi connectivity index (χ1v) is 6.60. The number of hydrogen-bond acceptors (Lipinski definition) is 2. The van der Waals surface area contributed by atoms with Crippen LogP contribution >= 0.6 is 0 Å². The topological polar surface area (TPSA) is 44.0 Å². The second kappa shape index (κ2) is 4.73. The fraction of sp³-hybridized carbons (Fsp3) is 0.235. The van der Waals surface area contributed by atoms with Crippen molar-refractivity contribution in [2.24, 2.45) is 0 Å². The first kappa shape index (κ1) is 12.8. The van der Waals surface area contributed by atoms with Gasteiger partial charge in [-0.25, -0.2) is 4.39 Å². The monoisotopic (exact) mass is 267 g/mol. The molecule has 0 aliphatic heterocycles. The molecule has 1 N–H and O–H groups in total. The second-order valence-corrected chi connectivity index (χ2v) is 5.24. The molecule has 0 heterocycles. The Labute approximate surface area is 117 Å². The Hall–Kier alpha value is -2.18. The van der Waals surface area contributed by atoms with Crippen LogP contribution in [0.4, 0.5) is 4.39 Å². The van der Waals surface area contributed by atoms with Crippen molar-refractivity contribution in [3.8, 4) is 17.2 Å². The predicted octanol–water partition coefficient (Wildman–Crippen LogP) is 3.54. The highest BCUT2D eigenvalue weighted by atomic mass is 19.1. The number of benzene rings is 2. The number of nitrogens with zero attached hydrogens (tertiary/aromatic N) is 1. The van der Waals surface area contributed by atoms with E-state index in [1.807, 2.05) is 6.07 Å². The molecule has 1 fully saturated rings. The highest BCUT2D eigenvalue weighted by Gasteiger charge is 2.45. The lowest BCUT2D eigenvalue weighted by Gasteiger charge is -2.10. The zero-order valence-electron chi connectivity index (χ0n) is 10.9. The van der Waals surface area contributed by atoms with Crippen molar-refractivity contribution in [2.75, 3.05) is 0 Å². The van der Waals surface area contributed by atoms with E-state index in [9.17, 15) is 4.39 Å². The van der Waals surface area contributed by atoms with Crippen LogP contribution in [-0.2, 0) is 12.0 Å². The largest absolute Gasteiger partial charge is 0.392 e. The molecule has 3 heteroatoms. The number of nitriles is 1. The van der Waals surface area contributed by atoms with Gasteiger partial charge in [-0.3, -0.25) is 0 Å². The molecule has 2 aromatic rings. The molecule has 0 atom stereocenters. The summed E-state index contributed by atoms with van der Waals surface area (Å²) < 4.78 is 14.3. The molecular formula is C17H14FNO. The molecule has 2 nitrogen and oxygen atoms in total. The Morgan fingerprint density at radius 3 is 2.35 bits per heavy atom. The highest BCUT2D eigenvalue weighted by Crippen LogP contribution is 2.48. The minimum absolute atomic E-state index is 0.0214. The van der Waals surface area contributed by atoms with Crippen molar-refractivity contribution < 1.29 is 9.50 Å². The van der Waals surface area contributed by atoms with Gasteiger partial charge >= 0.3 is 0 Å². The van der Waals surface area contributed by atoms with Crippen LogP contribution in [0, 0.1) is 17.1 Å². The minimum Gasteiger partial charge on any atom is -0.392 e. The molecule has 0 spiro atoms. The predicted molar refractivity (Wildman–Crippen MR) is 74.3 cm³/mol. The fourth-order valence-electron chi connectivity index (χ4n) is 2.43. The molecule has 0 unspecified atom stereocenters. The van der Waals surface area contributed by atoms with E-state index in [2.05, 4.69) is 6.07 Å². The van der Waals surface area contributed by atoms with Crippen molar-refractivity contribution in [1.82, 2.24) is 0 Å². The minimum atomic E-state index is -0.458. The van der Waals surface area contributed by atoms with Crippen LogP contribution in [-0.4, -0.2) is 5.11 Å². The molecule has 20 heavy (non-hydrogen) atoms. The zero-order chi connectivity index (χ0) is 14.2. The average Bonchev–Trinajstić information content (AvgIpc) is 3.28. The van der Waals surface area contributed by atoms with Gasteiger partial charge in [0, 0.05) is 5.56 Å². The summed E-state index contributed by atoms with van der Waals surface area (Å²) in [5.74, 6) is -0.305. The Bertz CT molecular complexity index is 681. The molecule has 0 radical (unpaired) electrons. The van der Waals surface area contributed by atoms with E-state index in [0.717, 1.165) is 29.5 Å². The van der Waals surface area contributed by atoms with Gasteiger partial charge in [-0.2, -0.15) is 5.26 Å². The summed E-state index contributed by atoms with van der Waals surface area (Å²) in [4.78, 5) is 0. The van der Waals surface area contributed by atoms with Crippen LogP contribution in [0.2, 0.25) is 0 Å². The zero-order valence-corrected chi connectivity index (χ0v) is 10.9. The van der Waals surface area contributed by atoms with Crippen molar-refractivity contribution >= 4 is 0 Å². The smallest absolute Gasteiger partial charge is 0.131 e. The lowest BCUT2D eigenvalue weighted by Crippen LogP contribution is -2.03. The fourth-order valence-corrected chi connectivity index (χ4v) is 2.43. The molecular weight excluding hydrogens is 253 g/mol. The number of aliphatic hydroxyl groups excluding tert-OH is 1. The maximum Gasteiger partial charge on any atom is 0.131 e. The number of aliphatic hydroxyl groups is 1. The highest BCUT2D eigenvalue weighted by molar-refractivity contribution is 5.65. The summed E-state index contributed by atoms with van der Waals surface area (Å²) in [6.07, 6.45) is 1.63. The first-order valence-electron chi connectivity index (χ1n) is 6.60. The van der Waals surface area contributed by atoms with Gasteiger partial charge in [-0.1, -0.05) is 36.4 Å². The van der Waals surface area contributed by atoms with E-state index >= 15 is 0 Å². The molecule has 1 aliphatic rings. The molecule has 2 aromatic carbocycles. The molecule has 1 saturated carbocycles. The summed E-state index contributed by atoms with van der Waals surface area (Å²) >= 11 is 0. The van der Waals surface area contributed by atoms with E-state index < -0.39 is 5.41 Å². The third kappa shape index (κ3) is 2.09. The Morgan fingerprint density at radius 2 is 1.85 bits per heavy atom. The van der Waals surface area contributed by atoms with Crippen LogP contribution in [0.1, 0.15) is 24.0 Å². The maximum atomic E-state index is 14.3. The summed E-state index contributed by atoms with van der Waals surface area (Å²) in [6.45, 7) is -0.0214. The lowest BCUT2D eigenvalue weighted by atomic mass is 9.94. The van der Waals surface area contributed by atoms with Crippen molar-refractivity contribution in [3.05, 3.63) is 59.4 Å². The van der Waals surface area contributed by atoms with E-state index in [0.29, 0.717) is 5.56 Å². The summed E-state index contributed by atoms with van der Waals surface area (Å²) in [7, 11) is 0. The van der Waals surface area contributed by atoms with Gasteiger partial charge in [0.2, 0.25) is 0 Å². The van der Waals surface area contributed by atoms with Crippen molar-refractivity contribution in [1.29, 1.82) is 5.26 Å². The van der Waals surface area contributed by atoms with Crippen LogP contribution in [0.25, 0.3) is 11.1 Å². The standard InChI is InChI=1S/C17H14FNO/c18-16-9-14(17(11-19)7-8-17)5-6-15(16)13-3-1-12(10-20)2-4-13/h1-6,9,20H,7-8,10H2. The SMILES string of the molecule is N#CC1(c2ccc(-c3ccc(CO)cc3)c(F)c2)CC1. The van der Waals surface area contributed by atoms with E-state index in [4.69, 9.17) is 10.4 Å². The van der Waals surface area contributed by atoms with E-state index in [-0.39, 0.29) is 12.4 Å². The molecule has 1 aliphatic carbocycles. The van der Waals surface area contributed by atoms with Gasteiger partial charge in [-0.15, -0.1) is 0 Å². The lowest BCUT2D eigenvalue weighted by molar-refractivity contribution is 0.282. The molecule has 0 bridgehead atoms. The van der Waals surface area contributed by atoms with Gasteiger partial charge in [0.25, 0.3) is 0 Å². The van der Waals surface area contributed by atoms with E-state index in [1.54, 1.807) is 30.3 Å². The van der Waals surface area contributed by atoms with Crippen LogP contribution in [0.15, 0.2) is 42.5 Å². The van der Waals surface area contributed by atoms with Crippen molar-refractivity contribution in [2.45, 2.75) is 24.9 Å². The first-order chi connectivity index (χ1) is 9.68. The molecule has 0 amide bonds. The number of rotatable bonds is 3. The quantitative estimate of drug-likeness (QED) is 0.924. The van der Waals surface area contributed by atoms with Gasteiger partial charge in [0.05, 0.1) is 18.1 Å². The molecule has 3 rings (SSSR count). The Kier molecular flexibility index (Phi) is 3.04. The van der Waals surface area contributed by atoms with Gasteiger partial charge < -0.3 is 5.11 Å². The van der Waals surface area contributed by atoms with Gasteiger partial charge in [0.1, 0.15) is 5.82 Å². The Morgan fingerprint density at radius 1 is 1.15 bits per heavy atom. The third-order valence-corrected chi connectivity index (χ3v) is 3.93. The average molecular weight is 267 g/mol. The van der Waals surface area contributed by atoms with Crippen LogP contribution in [0.5, 0.6) is 0 Å². The molecule has 0 aromatic heterocycles. The number of halogens is 1. The maximum absolute atomic E-state index is 14.3. The van der Waals surface area contributed by atoms with Crippen molar-refractivity contribution in [3.63, 3.8) is 0 Å². The van der Waals surface area contributed by atoms with Crippen LogP contribution < -0.4 is 0 Å². The summed E-state index contributed by atoms with van der Waals surface area (Å²) in [5, 5.41) is 18.2. The van der Waals surface area contributed by atoms with Gasteiger partial charge in [0.15, 0.2) is 0 Å². The molecule has 100 valence electrons. The molecule has 0 saturated heterocycles. The van der Waals surface area contributed by atoms with Crippen LogP contribution in [0.3, 0.4) is 0 Å². The normalized spacial score (nSPS) is 15.7. The van der Waals surface area contributed by atoms with E-state index in [1.165, 1.54) is 6.07 Å². The Balaban J connectivity index is 1.97. The second-order valence-electron chi connectivity index (χ2n) is 5.24. The number of hydrogen-bond donors (Lipinski definition) is 1. The third-order valence-electron chi connectivity index (χ3n) is 3.93. The van der Waals surface area contributed by atoms with Gasteiger partial charge in [-0.05, 0) is 35.6 Å². The summed E-state index contributed by atoms with van der Waals surface area (Å²) in [6, 6.07) is 14.5.